The molecule has 0 aliphatic heterocycles. The fourth-order valence-electron chi connectivity index (χ4n) is 2.93. The minimum atomic E-state index is -3.58. The van der Waals surface area contributed by atoms with E-state index in [0.717, 1.165) is 22.8 Å². The summed E-state index contributed by atoms with van der Waals surface area (Å²) in [6.45, 7) is 6.23. The molecule has 35 heavy (non-hydrogen) atoms. The highest BCUT2D eigenvalue weighted by molar-refractivity contribution is 7.91. The molecule has 0 saturated heterocycles. The van der Waals surface area contributed by atoms with Gasteiger partial charge in [-0.3, -0.25) is 10.1 Å². The molecule has 0 unspecified atom stereocenters. The van der Waals surface area contributed by atoms with Gasteiger partial charge in [0.05, 0.1) is 5.75 Å². The third-order valence-electron chi connectivity index (χ3n) is 4.78. The molecule has 1 aromatic heterocycles. The normalized spacial score (nSPS) is 11.5. The Balaban J connectivity index is 1.55. The second-order valence-corrected chi connectivity index (χ2v) is 10.4. The number of anilines is 1. The van der Waals surface area contributed by atoms with Crippen molar-refractivity contribution in [2.75, 3.05) is 24.3 Å². The van der Waals surface area contributed by atoms with Crippen LogP contribution >= 0.6 is 11.5 Å². The zero-order valence-electron chi connectivity index (χ0n) is 19.4. The Morgan fingerprint density at radius 1 is 1.14 bits per heavy atom. The van der Waals surface area contributed by atoms with Gasteiger partial charge in [-0.25, -0.2) is 8.42 Å². The number of amides is 1. The van der Waals surface area contributed by atoms with Crippen molar-refractivity contribution in [1.82, 2.24) is 9.36 Å². The van der Waals surface area contributed by atoms with Gasteiger partial charge in [0.25, 0.3) is 11.1 Å². The van der Waals surface area contributed by atoms with Gasteiger partial charge in [-0.2, -0.15) is 14.6 Å². The summed E-state index contributed by atoms with van der Waals surface area (Å²) in [6.07, 6.45) is 1.41. The van der Waals surface area contributed by atoms with Crippen LogP contribution in [-0.2, 0) is 14.6 Å². The SMILES string of the molecule is CCS(=O)(=O)c1nsc(NC(=O)C(C#N)=Cc2ccc(OCCOc3ccc(C)cc3C)cc2)n1. The Bertz CT molecular complexity index is 1370. The first-order valence-electron chi connectivity index (χ1n) is 10.6. The van der Waals surface area contributed by atoms with Crippen LogP contribution in [0.15, 0.2) is 53.2 Å². The van der Waals surface area contributed by atoms with E-state index < -0.39 is 15.7 Å². The van der Waals surface area contributed by atoms with E-state index in [-0.39, 0.29) is 21.6 Å². The topological polar surface area (TPSA) is 131 Å². The number of aryl methyl sites for hydroxylation is 2. The van der Waals surface area contributed by atoms with Crippen molar-refractivity contribution in [3.05, 3.63) is 64.7 Å². The van der Waals surface area contributed by atoms with Gasteiger partial charge in [0.2, 0.25) is 15.0 Å². The highest BCUT2D eigenvalue weighted by Gasteiger charge is 2.20. The number of nitrogens with one attached hydrogen (secondary N) is 1. The maximum Gasteiger partial charge on any atom is 0.268 e. The van der Waals surface area contributed by atoms with Crippen LogP contribution in [0.2, 0.25) is 0 Å². The molecule has 1 N–H and O–H groups in total. The van der Waals surface area contributed by atoms with Gasteiger partial charge in [0.1, 0.15) is 36.4 Å². The number of rotatable bonds is 10. The van der Waals surface area contributed by atoms with Crippen LogP contribution < -0.4 is 14.8 Å². The molecule has 0 atom stereocenters. The molecular weight excluding hydrogens is 488 g/mol. The molecule has 11 heteroatoms. The minimum Gasteiger partial charge on any atom is -0.490 e. The first-order valence-corrected chi connectivity index (χ1v) is 13.1. The Morgan fingerprint density at radius 2 is 1.86 bits per heavy atom. The molecule has 0 radical (unpaired) electrons. The number of nitrogens with zero attached hydrogens (tertiary/aromatic N) is 3. The molecule has 182 valence electrons. The molecule has 0 saturated carbocycles. The van der Waals surface area contributed by atoms with Crippen molar-refractivity contribution in [1.29, 1.82) is 5.26 Å². The third kappa shape index (κ3) is 7.11. The van der Waals surface area contributed by atoms with Crippen molar-refractivity contribution in [3.63, 3.8) is 0 Å². The average molecular weight is 513 g/mol. The lowest BCUT2D eigenvalue weighted by Gasteiger charge is -2.11. The zero-order valence-corrected chi connectivity index (χ0v) is 21.1. The molecule has 0 fully saturated rings. The van der Waals surface area contributed by atoms with Crippen LogP contribution in [0.1, 0.15) is 23.6 Å². The number of nitriles is 1. The largest absolute Gasteiger partial charge is 0.490 e. The Kier molecular flexibility index (Phi) is 8.57. The molecule has 0 spiro atoms. The monoisotopic (exact) mass is 512 g/mol. The zero-order chi connectivity index (χ0) is 25.4. The van der Waals surface area contributed by atoms with Crippen molar-refractivity contribution >= 4 is 38.5 Å². The summed E-state index contributed by atoms with van der Waals surface area (Å²) in [7, 11) is -3.58. The standard InChI is InChI=1S/C24H24N4O5S2/c1-4-35(30,31)24-27-23(34-28-24)26-22(29)19(15-25)14-18-6-8-20(9-7-18)32-11-12-33-21-10-5-16(2)13-17(21)3/h5-10,13-14H,4,11-12H2,1-3H3,(H,26,27,28,29). The molecule has 9 nitrogen and oxygen atoms in total. The second kappa shape index (κ2) is 11.6. The average Bonchev–Trinajstić information content (AvgIpc) is 3.31. The second-order valence-electron chi connectivity index (χ2n) is 7.44. The minimum absolute atomic E-state index is 0.00465. The number of carbonyl (C=O) groups is 1. The third-order valence-corrected chi connectivity index (χ3v) is 7.03. The first kappa shape index (κ1) is 25.9. The van der Waals surface area contributed by atoms with E-state index in [4.69, 9.17) is 9.47 Å². The molecule has 1 amide bonds. The van der Waals surface area contributed by atoms with Gasteiger partial charge >= 0.3 is 0 Å². The Morgan fingerprint density at radius 3 is 2.51 bits per heavy atom. The van der Waals surface area contributed by atoms with Crippen LogP contribution in [0.3, 0.4) is 0 Å². The van der Waals surface area contributed by atoms with Gasteiger partial charge in [0.15, 0.2) is 0 Å². The van der Waals surface area contributed by atoms with E-state index in [2.05, 4.69) is 20.7 Å². The van der Waals surface area contributed by atoms with E-state index in [0.29, 0.717) is 24.5 Å². The number of hydrogen-bond donors (Lipinski definition) is 1. The Labute approximate surface area is 208 Å². The maximum atomic E-state index is 12.4. The lowest BCUT2D eigenvalue weighted by molar-refractivity contribution is -0.112. The van der Waals surface area contributed by atoms with E-state index in [9.17, 15) is 18.5 Å². The van der Waals surface area contributed by atoms with Gasteiger partial charge in [-0.05, 0) is 49.2 Å². The van der Waals surface area contributed by atoms with E-state index in [1.807, 2.05) is 32.0 Å². The summed E-state index contributed by atoms with van der Waals surface area (Å²) in [5.41, 5.74) is 2.68. The number of carbonyl (C=O) groups excluding carboxylic acids is 1. The van der Waals surface area contributed by atoms with Crippen molar-refractivity contribution in [2.45, 2.75) is 25.9 Å². The van der Waals surface area contributed by atoms with Crippen molar-refractivity contribution < 1.29 is 22.7 Å². The fraction of sp³-hybridized carbons (Fsp3) is 0.250. The lowest BCUT2D eigenvalue weighted by Crippen LogP contribution is -2.13. The van der Waals surface area contributed by atoms with Gasteiger partial charge in [-0.15, -0.1) is 0 Å². The van der Waals surface area contributed by atoms with E-state index in [1.165, 1.54) is 18.6 Å². The Hall–Kier alpha value is -3.75. The predicted octanol–water partition coefficient (Wildman–Crippen LogP) is 3.95. The maximum absolute atomic E-state index is 12.4. The number of sulfone groups is 1. The van der Waals surface area contributed by atoms with Crippen molar-refractivity contribution in [2.24, 2.45) is 0 Å². The molecule has 3 rings (SSSR count). The summed E-state index contributed by atoms with van der Waals surface area (Å²) in [5, 5.41) is 11.4. The molecule has 0 bridgehead atoms. The quantitative estimate of drug-likeness (QED) is 0.245. The van der Waals surface area contributed by atoms with Crippen LogP contribution in [0.4, 0.5) is 5.13 Å². The highest BCUT2D eigenvalue weighted by Crippen LogP contribution is 2.20. The molecule has 0 aliphatic carbocycles. The summed E-state index contributed by atoms with van der Waals surface area (Å²) in [6, 6.07) is 14.7. The summed E-state index contributed by atoms with van der Waals surface area (Å²) in [4.78, 5) is 16.2. The van der Waals surface area contributed by atoms with Crippen LogP contribution in [0.25, 0.3) is 6.08 Å². The smallest absolute Gasteiger partial charge is 0.268 e. The molecular formula is C24H24N4O5S2. The molecule has 0 aliphatic rings. The van der Waals surface area contributed by atoms with E-state index in [1.54, 1.807) is 24.3 Å². The van der Waals surface area contributed by atoms with Gasteiger partial charge < -0.3 is 9.47 Å². The number of hydrogen-bond acceptors (Lipinski definition) is 9. The predicted molar refractivity (Wildman–Crippen MR) is 133 cm³/mol. The summed E-state index contributed by atoms with van der Waals surface area (Å²) < 4.78 is 38.8. The lowest BCUT2D eigenvalue weighted by atomic mass is 10.1. The number of aromatic nitrogens is 2. The summed E-state index contributed by atoms with van der Waals surface area (Å²) >= 11 is 0.730. The van der Waals surface area contributed by atoms with Crippen LogP contribution in [0.5, 0.6) is 11.5 Å². The first-order chi connectivity index (χ1) is 16.7. The van der Waals surface area contributed by atoms with Crippen molar-refractivity contribution in [3.8, 4) is 17.6 Å². The van der Waals surface area contributed by atoms with E-state index >= 15 is 0 Å². The van der Waals surface area contributed by atoms with Gasteiger partial charge in [-0.1, -0.05) is 36.8 Å². The van der Waals surface area contributed by atoms with Crippen LogP contribution in [-0.4, -0.2) is 42.6 Å². The molecule has 2 aromatic carbocycles. The molecule has 3 aromatic rings. The fourth-order valence-corrected chi connectivity index (χ4v) is 4.51. The van der Waals surface area contributed by atoms with Gasteiger partial charge in [0, 0.05) is 11.5 Å². The summed E-state index contributed by atoms with van der Waals surface area (Å²) in [5.74, 6) is 0.569. The molecule has 1 heterocycles. The number of ether oxygens (including phenoxy) is 2. The number of benzene rings is 2. The highest BCUT2D eigenvalue weighted by atomic mass is 32.2. The van der Waals surface area contributed by atoms with Crippen LogP contribution in [0, 0.1) is 25.2 Å².